The van der Waals surface area contributed by atoms with Gasteiger partial charge in [0, 0.05) is 54.2 Å². The second-order valence-electron chi connectivity index (χ2n) is 7.53. The van der Waals surface area contributed by atoms with Crippen LogP contribution >= 0.6 is 0 Å². The maximum absolute atomic E-state index is 12.6. The minimum absolute atomic E-state index is 0.0664. The van der Waals surface area contributed by atoms with E-state index in [0.29, 0.717) is 48.6 Å². The van der Waals surface area contributed by atoms with Crippen molar-refractivity contribution in [1.82, 2.24) is 4.90 Å². The average Bonchev–Trinajstić information content (AvgIpc) is 2.85. The van der Waals surface area contributed by atoms with Crippen LogP contribution in [-0.2, 0) is 0 Å². The molecule has 162 valence electrons. The molecule has 0 aromatic heterocycles. The topological polar surface area (TPSA) is 90.0 Å². The minimum Gasteiger partial charge on any atom is -0.465 e. The smallest absolute Gasteiger partial charge is 0.407 e. The van der Waals surface area contributed by atoms with Gasteiger partial charge in [-0.1, -0.05) is 30.3 Å². The zero-order valence-electron chi connectivity index (χ0n) is 17.4. The van der Waals surface area contributed by atoms with Crippen LogP contribution in [0.2, 0.25) is 0 Å². The number of carbonyl (C=O) groups is 3. The molecule has 32 heavy (non-hydrogen) atoms. The largest absolute Gasteiger partial charge is 0.465 e. The predicted octanol–water partition coefficient (Wildman–Crippen LogP) is 3.97. The van der Waals surface area contributed by atoms with Crippen molar-refractivity contribution < 1.29 is 19.5 Å². The number of nitrogens with zero attached hydrogens (tertiary/aromatic N) is 2. The third-order valence-corrected chi connectivity index (χ3v) is 5.49. The lowest BCUT2D eigenvalue weighted by atomic mass is 10.0. The maximum atomic E-state index is 12.6. The molecule has 7 nitrogen and oxygen atoms in total. The van der Waals surface area contributed by atoms with Crippen LogP contribution in [0.3, 0.4) is 0 Å². The molecule has 4 rings (SSSR count). The summed E-state index contributed by atoms with van der Waals surface area (Å²) in [6.07, 6.45) is -0.894. The van der Waals surface area contributed by atoms with Gasteiger partial charge in [-0.3, -0.25) is 9.59 Å². The second kappa shape index (κ2) is 9.34. The Labute approximate surface area is 185 Å². The molecule has 7 heteroatoms. The molecular weight excluding hydrogens is 406 g/mol. The molecule has 3 aromatic carbocycles. The van der Waals surface area contributed by atoms with E-state index < -0.39 is 6.09 Å². The van der Waals surface area contributed by atoms with Crippen LogP contribution in [-0.4, -0.2) is 54.0 Å². The number of carboxylic acid groups (broad SMARTS) is 1. The van der Waals surface area contributed by atoms with Crippen molar-refractivity contribution in [3.63, 3.8) is 0 Å². The number of amides is 2. The summed E-state index contributed by atoms with van der Waals surface area (Å²) < 4.78 is 0. The number of ketones is 1. The second-order valence-corrected chi connectivity index (χ2v) is 7.53. The van der Waals surface area contributed by atoms with Crippen LogP contribution in [0.25, 0.3) is 0 Å². The SMILES string of the molecule is O=C(Nc1ccc(C(=O)c2ccccc2)cc1)c1ccc(N2CCN(C(=O)O)CC2)cc1. The summed E-state index contributed by atoms with van der Waals surface area (Å²) in [5.74, 6) is -0.308. The van der Waals surface area contributed by atoms with Gasteiger partial charge in [0.1, 0.15) is 0 Å². The molecule has 1 aliphatic rings. The zero-order chi connectivity index (χ0) is 22.5. The monoisotopic (exact) mass is 429 g/mol. The van der Waals surface area contributed by atoms with Crippen LogP contribution in [0.15, 0.2) is 78.9 Å². The molecule has 0 atom stereocenters. The van der Waals surface area contributed by atoms with Gasteiger partial charge >= 0.3 is 6.09 Å². The molecule has 0 spiro atoms. The number of rotatable bonds is 5. The van der Waals surface area contributed by atoms with Crippen molar-refractivity contribution in [2.24, 2.45) is 0 Å². The van der Waals surface area contributed by atoms with Crippen molar-refractivity contribution >= 4 is 29.2 Å². The fraction of sp³-hybridized carbons (Fsp3) is 0.160. The lowest BCUT2D eigenvalue weighted by molar-refractivity contribution is 0.102. The van der Waals surface area contributed by atoms with Crippen LogP contribution in [0.4, 0.5) is 16.2 Å². The highest BCUT2D eigenvalue weighted by molar-refractivity contribution is 6.09. The standard InChI is InChI=1S/C25H23N3O4/c29-23(18-4-2-1-3-5-18)19-6-10-21(11-7-19)26-24(30)20-8-12-22(13-9-20)27-14-16-28(17-15-27)25(31)32/h1-13H,14-17H2,(H,26,30)(H,31,32). The molecule has 0 saturated carbocycles. The maximum Gasteiger partial charge on any atom is 0.407 e. The van der Waals surface area contributed by atoms with E-state index in [0.717, 1.165) is 5.69 Å². The van der Waals surface area contributed by atoms with Gasteiger partial charge in [0.15, 0.2) is 5.78 Å². The lowest BCUT2D eigenvalue weighted by Crippen LogP contribution is -2.48. The van der Waals surface area contributed by atoms with E-state index in [1.54, 1.807) is 48.5 Å². The van der Waals surface area contributed by atoms with Crippen LogP contribution in [0.5, 0.6) is 0 Å². The first-order valence-electron chi connectivity index (χ1n) is 10.4. The molecule has 0 bridgehead atoms. The summed E-state index contributed by atoms with van der Waals surface area (Å²) in [6.45, 7) is 2.15. The van der Waals surface area contributed by atoms with Gasteiger partial charge in [-0.05, 0) is 48.5 Å². The first kappa shape index (κ1) is 21.1. The lowest BCUT2D eigenvalue weighted by Gasteiger charge is -2.34. The average molecular weight is 429 g/mol. The Hall–Kier alpha value is -4.13. The van der Waals surface area contributed by atoms with Gasteiger partial charge in [-0.25, -0.2) is 4.79 Å². The molecule has 2 amide bonds. The number of anilines is 2. The van der Waals surface area contributed by atoms with Crippen LogP contribution in [0, 0.1) is 0 Å². The fourth-order valence-electron chi connectivity index (χ4n) is 3.64. The van der Waals surface area contributed by atoms with Crippen molar-refractivity contribution in [2.75, 3.05) is 36.4 Å². The number of nitrogens with one attached hydrogen (secondary N) is 1. The molecule has 1 saturated heterocycles. The molecule has 0 aliphatic carbocycles. The van der Waals surface area contributed by atoms with Gasteiger partial charge < -0.3 is 20.2 Å². The quantitative estimate of drug-likeness (QED) is 0.599. The molecule has 0 radical (unpaired) electrons. The van der Waals surface area contributed by atoms with Crippen LogP contribution < -0.4 is 10.2 Å². The highest BCUT2D eigenvalue weighted by Gasteiger charge is 2.20. The van der Waals surface area contributed by atoms with E-state index >= 15 is 0 Å². The first-order chi connectivity index (χ1) is 15.5. The summed E-state index contributed by atoms with van der Waals surface area (Å²) in [5, 5.41) is 11.9. The highest BCUT2D eigenvalue weighted by atomic mass is 16.4. The van der Waals surface area contributed by atoms with Crippen molar-refractivity contribution in [1.29, 1.82) is 0 Å². The molecule has 0 unspecified atom stereocenters. The van der Waals surface area contributed by atoms with Crippen LogP contribution in [0.1, 0.15) is 26.3 Å². The number of benzene rings is 3. The predicted molar refractivity (Wildman–Crippen MR) is 123 cm³/mol. The molecule has 2 N–H and O–H groups in total. The number of hydrogen-bond acceptors (Lipinski definition) is 4. The Bertz CT molecular complexity index is 1100. The summed E-state index contributed by atoms with van der Waals surface area (Å²) in [4.78, 5) is 39.6. The van der Waals surface area contributed by atoms with Crippen molar-refractivity contribution in [3.05, 3.63) is 95.6 Å². The summed E-state index contributed by atoms with van der Waals surface area (Å²) >= 11 is 0. The summed E-state index contributed by atoms with van der Waals surface area (Å²) in [6, 6.07) is 23.1. The molecule has 1 fully saturated rings. The molecule has 1 heterocycles. The molecule has 1 aliphatic heterocycles. The zero-order valence-corrected chi connectivity index (χ0v) is 17.4. The normalized spacial score (nSPS) is 13.5. The van der Waals surface area contributed by atoms with Gasteiger partial charge in [0.05, 0.1) is 0 Å². The number of hydrogen-bond donors (Lipinski definition) is 2. The highest BCUT2D eigenvalue weighted by Crippen LogP contribution is 2.19. The van der Waals surface area contributed by atoms with E-state index in [-0.39, 0.29) is 11.7 Å². The Balaban J connectivity index is 1.36. The van der Waals surface area contributed by atoms with Crippen molar-refractivity contribution in [2.45, 2.75) is 0 Å². The van der Waals surface area contributed by atoms with E-state index in [1.165, 1.54) is 4.90 Å². The van der Waals surface area contributed by atoms with Gasteiger partial charge in [0.2, 0.25) is 0 Å². The first-order valence-corrected chi connectivity index (χ1v) is 10.4. The van der Waals surface area contributed by atoms with E-state index in [2.05, 4.69) is 10.2 Å². The summed E-state index contributed by atoms with van der Waals surface area (Å²) in [5.41, 5.74) is 3.25. The third kappa shape index (κ3) is 4.78. The Morgan fingerprint density at radius 3 is 1.84 bits per heavy atom. The Kier molecular flexibility index (Phi) is 6.17. The Morgan fingerprint density at radius 1 is 0.688 bits per heavy atom. The number of carbonyl (C=O) groups excluding carboxylic acids is 2. The minimum atomic E-state index is -0.894. The van der Waals surface area contributed by atoms with Gasteiger partial charge in [-0.2, -0.15) is 0 Å². The van der Waals surface area contributed by atoms with E-state index in [9.17, 15) is 14.4 Å². The van der Waals surface area contributed by atoms with E-state index in [4.69, 9.17) is 5.11 Å². The molecular formula is C25H23N3O4. The number of piperazine rings is 1. The summed E-state index contributed by atoms with van der Waals surface area (Å²) in [7, 11) is 0. The third-order valence-electron chi connectivity index (χ3n) is 5.49. The van der Waals surface area contributed by atoms with E-state index in [1.807, 2.05) is 30.3 Å². The van der Waals surface area contributed by atoms with Gasteiger partial charge in [-0.15, -0.1) is 0 Å². The van der Waals surface area contributed by atoms with Gasteiger partial charge in [0.25, 0.3) is 5.91 Å². The Morgan fingerprint density at radius 2 is 1.25 bits per heavy atom. The fourth-order valence-corrected chi connectivity index (χ4v) is 3.64. The van der Waals surface area contributed by atoms with Crippen molar-refractivity contribution in [3.8, 4) is 0 Å². The molecule has 3 aromatic rings.